The van der Waals surface area contributed by atoms with Crippen LogP contribution in [0.15, 0.2) is 54.7 Å². The van der Waals surface area contributed by atoms with Crippen LogP contribution in [0.4, 0.5) is 11.4 Å². The van der Waals surface area contributed by atoms with E-state index in [-0.39, 0.29) is 5.56 Å². The van der Waals surface area contributed by atoms with E-state index < -0.39 is 5.97 Å². The molecule has 0 unspecified atom stereocenters. The van der Waals surface area contributed by atoms with Crippen molar-refractivity contribution in [3.8, 4) is 5.75 Å². The smallest absolute Gasteiger partial charge is 0.339 e. The minimum Gasteiger partial charge on any atom is -0.497 e. The summed E-state index contributed by atoms with van der Waals surface area (Å²) in [5, 5.41) is 10.5. The van der Waals surface area contributed by atoms with E-state index in [9.17, 15) is 9.90 Å². The number of pyridine rings is 1. The largest absolute Gasteiger partial charge is 0.497 e. The van der Waals surface area contributed by atoms with Crippen molar-refractivity contribution >= 4 is 28.2 Å². The Labute approximate surface area is 157 Å². The van der Waals surface area contributed by atoms with Crippen LogP contribution in [0.5, 0.6) is 5.75 Å². The van der Waals surface area contributed by atoms with Gasteiger partial charge in [0.25, 0.3) is 0 Å². The van der Waals surface area contributed by atoms with E-state index in [1.807, 2.05) is 36.4 Å². The third kappa shape index (κ3) is 3.26. The number of fused-ring (bicyclic) bond motifs is 1. The molecule has 1 N–H and O–H groups in total. The third-order valence-electron chi connectivity index (χ3n) is 4.99. The highest BCUT2D eigenvalue weighted by Gasteiger charge is 2.24. The topological polar surface area (TPSA) is 65.9 Å². The van der Waals surface area contributed by atoms with Gasteiger partial charge in [-0.1, -0.05) is 18.2 Å². The molecule has 0 atom stereocenters. The number of para-hydroxylation sites is 1. The zero-order valence-electron chi connectivity index (χ0n) is 15.1. The minimum absolute atomic E-state index is 0.226. The van der Waals surface area contributed by atoms with Gasteiger partial charge in [0.05, 0.1) is 18.3 Å². The fraction of sp³-hybridized carbons (Fsp3) is 0.238. The maximum Gasteiger partial charge on any atom is 0.339 e. The first-order chi connectivity index (χ1) is 13.2. The molecular formula is C21H21N3O3. The predicted molar refractivity (Wildman–Crippen MR) is 106 cm³/mol. The Hall–Kier alpha value is -3.28. The standard InChI is InChI=1S/C21H21N3O3/c1-27-16-7-8-19-17(13-16)20(18(14-22-19)21(25)26)24-11-9-23(10-12-24)15-5-3-2-4-6-15/h2-8,13-14H,9-12H2,1H3,(H,25,26). The first-order valence-corrected chi connectivity index (χ1v) is 8.92. The SMILES string of the molecule is COc1ccc2ncc(C(=O)O)c(N3CCN(c4ccccc4)CC3)c2c1. The van der Waals surface area contributed by atoms with Crippen LogP contribution in [0.1, 0.15) is 10.4 Å². The van der Waals surface area contributed by atoms with Crippen LogP contribution in [-0.2, 0) is 0 Å². The van der Waals surface area contributed by atoms with E-state index in [0.29, 0.717) is 5.75 Å². The molecule has 0 amide bonds. The fourth-order valence-electron chi connectivity index (χ4n) is 3.61. The number of carbonyl (C=O) groups is 1. The minimum atomic E-state index is -0.965. The van der Waals surface area contributed by atoms with E-state index in [1.165, 1.54) is 11.9 Å². The number of hydrogen-bond acceptors (Lipinski definition) is 5. The lowest BCUT2D eigenvalue weighted by Gasteiger charge is -2.38. The van der Waals surface area contributed by atoms with Gasteiger partial charge in [-0.2, -0.15) is 0 Å². The summed E-state index contributed by atoms with van der Waals surface area (Å²) in [6.45, 7) is 3.14. The number of piperazine rings is 1. The van der Waals surface area contributed by atoms with Crippen molar-refractivity contribution in [2.24, 2.45) is 0 Å². The molecule has 6 nitrogen and oxygen atoms in total. The molecule has 2 heterocycles. The Kier molecular flexibility index (Phi) is 4.54. The maximum absolute atomic E-state index is 11.8. The van der Waals surface area contributed by atoms with Crippen molar-refractivity contribution in [1.29, 1.82) is 0 Å². The number of carboxylic acid groups (broad SMARTS) is 1. The van der Waals surface area contributed by atoms with Gasteiger partial charge in [0.2, 0.25) is 0 Å². The zero-order valence-corrected chi connectivity index (χ0v) is 15.1. The van der Waals surface area contributed by atoms with Crippen LogP contribution in [-0.4, -0.2) is 49.3 Å². The quantitative estimate of drug-likeness (QED) is 0.767. The van der Waals surface area contributed by atoms with Gasteiger partial charge in [-0.25, -0.2) is 4.79 Å². The molecule has 2 aromatic carbocycles. The first kappa shape index (κ1) is 17.1. The number of aromatic carboxylic acids is 1. The Bertz CT molecular complexity index is 967. The average Bonchev–Trinajstić information content (AvgIpc) is 2.73. The summed E-state index contributed by atoms with van der Waals surface area (Å²) in [6.07, 6.45) is 1.45. The van der Waals surface area contributed by atoms with Crippen molar-refractivity contribution < 1.29 is 14.6 Å². The summed E-state index contributed by atoms with van der Waals surface area (Å²) in [4.78, 5) is 20.6. The van der Waals surface area contributed by atoms with Gasteiger partial charge in [-0.15, -0.1) is 0 Å². The predicted octanol–water partition coefficient (Wildman–Crippen LogP) is 3.27. The van der Waals surface area contributed by atoms with Gasteiger partial charge in [0.1, 0.15) is 11.3 Å². The Morgan fingerprint density at radius 3 is 2.41 bits per heavy atom. The fourth-order valence-corrected chi connectivity index (χ4v) is 3.61. The van der Waals surface area contributed by atoms with E-state index in [4.69, 9.17) is 4.74 Å². The normalized spacial score (nSPS) is 14.4. The second kappa shape index (κ2) is 7.15. The first-order valence-electron chi connectivity index (χ1n) is 8.92. The second-order valence-electron chi connectivity index (χ2n) is 6.52. The van der Waals surface area contributed by atoms with Gasteiger partial charge in [-0.05, 0) is 30.3 Å². The zero-order chi connectivity index (χ0) is 18.8. The van der Waals surface area contributed by atoms with Crippen LogP contribution in [0, 0.1) is 0 Å². The lowest BCUT2D eigenvalue weighted by Crippen LogP contribution is -2.47. The van der Waals surface area contributed by atoms with Crippen molar-refractivity contribution in [1.82, 2.24) is 4.98 Å². The molecule has 4 rings (SSSR count). The molecule has 1 aromatic heterocycles. The monoisotopic (exact) mass is 363 g/mol. The summed E-state index contributed by atoms with van der Waals surface area (Å²) in [5.41, 5.74) is 2.90. The average molecular weight is 363 g/mol. The number of hydrogen-bond donors (Lipinski definition) is 1. The summed E-state index contributed by atoms with van der Waals surface area (Å²) in [6, 6.07) is 15.9. The molecular weight excluding hydrogens is 342 g/mol. The van der Waals surface area contributed by atoms with E-state index >= 15 is 0 Å². The lowest BCUT2D eigenvalue weighted by atomic mass is 10.1. The van der Waals surface area contributed by atoms with Gasteiger partial charge in [0.15, 0.2) is 0 Å². The number of anilines is 2. The number of aromatic nitrogens is 1. The van der Waals surface area contributed by atoms with Gasteiger partial charge >= 0.3 is 5.97 Å². The number of ether oxygens (including phenoxy) is 1. The molecule has 27 heavy (non-hydrogen) atoms. The number of methoxy groups -OCH3 is 1. The molecule has 1 saturated heterocycles. The van der Waals surface area contributed by atoms with Gasteiger partial charge in [-0.3, -0.25) is 4.98 Å². The van der Waals surface area contributed by atoms with E-state index in [0.717, 1.165) is 42.8 Å². The van der Waals surface area contributed by atoms with Crippen LogP contribution in [0.25, 0.3) is 10.9 Å². The number of benzene rings is 2. The van der Waals surface area contributed by atoms with Crippen molar-refractivity contribution in [2.75, 3.05) is 43.1 Å². The number of nitrogens with zero attached hydrogens (tertiary/aromatic N) is 3. The molecule has 1 aliphatic heterocycles. The molecule has 1 aliphatic rings. The Morgan fingerprint density at radius 2 is 1.74 bits per heavy atom. The van der Waals surface area contributed by atoms with Crippen LogP contribution < -0.4 is 14.5 Å². The number of rotatable bonds is 4. The highest BCUT2D eigenvalue weighted by atomic mass is 16.5. The van der Waals surface area contributed by atoms with Gasteiger partial charge < -0.3 is 19.6 Å². The van der Waals surface area contributed by atoms with E-state index in [1.54, 1.807) is 7.11 Å². The molecule has 3 aromatic rings. The second-order valence-corrected chi connectivity index (χ2v) is 6.52. The van der Waals surface area contributed by atoms with Crippen molar-refractivity contribution in [3.05, 3.63) is 60.3 Å². The Morgan fingerprint density at radius 1 is 1.04 bits per heavy atom. The maximum atomic E-state index is 11.8. The highest BCUT2D eigenvalue weighted by molar-refractivity contribution is 6.05. The van der Waals surface area contributed by atoms with Crippen LogP contribution in [0.2, 0.25) is 0 Å². The molecule has 0 saturated carbocycles. The van der Waals surface area contributed by atoms with Gasteiger partial charge in [0, 0.05) is 43.4 Å². The lowest BCUT2D eigenvalue weighted by molar-refractivity contribution is 0.0697. The third-order valence-corrected chi connectivity index (χ3v) is 4.99. The van der Waals surface area contributed by atoms with Crippen LogP contribution in [0.3, 0.4) is 0 Å². The molecule has 6 heteroatoms. The Balaban J connectivity index is 1.70. The molecule has 0 spiro atoms. The highest BCUT2D eigenvalue weighted by Crippen LogP contribution is 2.33. The molecule has 1 fully saturated rings. The summed E-state index contributed by atoms with van der Waals surface area (Å²) in [7, 11) is 1.61. The molecule has 138 valence electrons. The van der Waals surface area contributed by atoms with Crippen molar-refractivity contribution in [3.63, 3.8) is 0 Å². The molecule has 0 radical (unpaired) electrons. The summed E-state index contributed by atoms with van der Waals surface area (Å²) < 4.78 is 5.34. The van der Waals surface area contributed by atoms with E-state index in [2.05, 4.69) is 26.9 Å². The summed E-state index contributed by atoms with van der Waals surface area (Å²) >= 11 is 0. The summed E-state index contributed by atoms with van der Waals surface area (Å²) in [5.74, 6) is -0.274. The molecule has 0 bridgehead atoms. The van der Waals surface area contributed by atoms with Crippen molar-refractivity contribution in [2.45, 2.75) is 0 Å². The molecule has 0 aliphatic carbocycles. The van der Waals surface area contributed by atoms with Crippen LogP contribution >= 0.6 is 0 Å². The number of carboxylic acids is 1.